The average molecular weight is 234 g/mol. The van der Waals surface area contributed by atoms with Crippen molar-refractivity contribution in [2.45, 2.75) is 44.9 Å². The summed E-state index contributed by atoms with van der Waals surface area (Å²) in [4.78, 5) is 12.3. The number of hydrogen-bond donors (Lipinski definition) is 0. The standard InChI is InChI=1S/C15H22O2/c1-2-3-4-17-14(16)15-8-11-5-12(9-15)7-13(6-11)10-15/h2,11-13H,1,3-10H2. The predicted octanol–water partition coefficient (Wildman–Crippen LogP) is 3.32. The maximum absolute atomic E-state index is 12.3. The van der Waals surface area contributed by atoms with E-state index in [0.29, 0.717) is 6.61 Å². The number of rotatable bonds is 4. The molecule has 4 aliphatic carbocycles. The molecule has 94 valence electrons. The van der Waals surface area contributed by atoms with Gasteiger partial charge in [0.05, 0.1) is 12.0 Å². The summed E-state index contributed by atoms with van der Waals surface area (Å²) in [6.07, 6.45) is 10.0. The van der Waals surface area contributed by atoms with E-state index in [4.69, 9.17) is 4.74 Å². The van der Waals surface area contributed by atoms with Crippen molar-refractivity contribution >= 4 is 5.97 Å². The lowest BCUT2D eigenvalue weighted by molar-refractivity contribution is -0.171. The van der Waals surface area contributed by atoms with Gasteiger partial charge in [-0.05, 0) is 62.7 Å². The molecule has 4 rings (SSSR count). The van der Waals surface area contributed by atoms with Crippen LogP contribution in [0.3, 0.4) is 0 Å². The van der Waals surface area contributed by atoms with Gasteiger partial charge in [0.2, 0.25) is 0 Å². The van der Waals surface area contributed by atoms with E-state index in [9.17, 15) is 4.79 Å². The van der Waals surface area contributed by atoms with Crippen LogP contribution in [-0.4, -0.2) is 12.6 Å². The normalized spacial score (nSPS) is 42.5. The highest BCUT2D eigenvalue weighted by atomic mass is 16.5. The van der Waals surface area contributed by atoms with Crippen LogP contribution in [0, 0.1) is 23.2 Å². The lowest BCUT2D eigenvalue weighted by atomic mass is 9.49. The lowest BCUT2D eigenvalue weighted by Crippen LogP contribution is -2.50. The molecule has 4 aliphatic rings. The molecule has 4 saturated carbocycles. The molecule has 0 aromatic rings. The van der Waals surface area contributed by atoms with Gasteiger partial charge >= 0.3 is 5.97 Å². The van der Waals surface area contributed by atoms with Crippen molar-refractivity contribution in [3.63, 3.8) is 0 Å². The summed E-state index contributed by atoms with van der Waals surface area (Å²) in [7, 11) is 0. The van der Waals surface area contributed by atoms with Gasteiger partial charge in [0.15, 0.2) is 0 Å². The quantitative estimate of drug-likeness (QED) is 0.424. The summed E-state index contributed by atoms with van der Waals surface area (Å²) in [5.41, 5.74) is -0.0874. The Hall–Kier alpha value is -0.790. The zero-order valence-corrected chi connectivity index (χ0v) is 10.5. The van der Waals surface area contributed by atoms with E-state index in [-0.39, 0.29) is 11.4 Å². The highest BCUT2D eigenvalue weighted by Gasteiger charge is 2.55. The third-order valence-corrected chi connectivity index (χ3v) is 5.03. The summed E-state index contributed by atoms with van der Waals surface area (Å²) in [6, 6.07) is 0. The molecule has 0 aromatic heterocycles. The van der Waals surface area contributed by atoms with Crippen molar-refractivity contribution in [2.24, 2.45) is 23.2 Å². The Morgan fingerprint density at radius 1 is 1.18 bits per heavy atom. The predicted molar refractivity (Wildman–Crippen MR) is 66.4 cm³/mol. The van der Waals surface area contributed by atoms with Crippen molar-refractivity contribution in [1.29, 1.82) is 0 Å². The molecule has 0 aliphatic heterocycles. The van der Waals surface area contributed by atoms with Gasteiger partial charge in [-0.25, -0.2) is 0 Å². The second kappa shape index (κ2) is 4.15. The van der Waals surface area contributed by atoms with Gasteiger partial charge in [0, 0.05) is 0 Å². The van der Waals surface area contributed by atoms with Crippen LogP contribution in [0.2, 0.25) is 0 Å². The van der Waals surface area contributed by atoms with E-state index >= 15 is 0 Å². The van der Waals surface area contributed by atoms with Gasteiger partial charge in [0.1, 0.15) is 0 Å². The zero-order valence-electron chi connectivity index (χ0n) is 10.5. The SMILES string of the molecule is C=CCCOC(=O)C12CC3CC(CC(C3)C1)C2. The topological polar surface area (TPSA) is 26.3 Å². The molecule has 0 heterocycles. The molecule has 0 spiro atoms. The molecule has 0 N–H and O–H groups in total. The van der Waals surface area contributed by atoms with Gasteiger partial charge in [-0.1, -0.05) is 6.08 Å². The third kappa shape index (κ3) is 1.92. The van der Waals surface area contributed by atoms with Gasteiger partial charge in [-0.2, -0.15) is 0 Å². The Labute approximate surface area is 103 Å². The molecule has 4 fully saturated rings. The van der Waals surface area contributed by atoms with Crippen molar-refractivity contribution < 1.29 is 9.53 Å². The molecule has 0 saturated heterocycles. The number of ether oxygens (including phenoxy) is 1. The van der Waals surface area contributed by atoms with Crippen LogP contribution in [-0.2, 0) is 9.53 Å². The minimum absolute atomic E-state index is 0.0874. The number of hydrogen-bond acceptors (Lipinski definition) is 2. The summed E-state index contributed by atoms with van der Waals surface area (Å²) in [6.45, 7) is 4.18. The minimum atomic E-state index is -0.0874. The van der Waals surface area contributed by atoms with Crippen molar-refractivity contribution in [1.82, 2.24) is 0 Å². The van der Waals surface area contributed by atoms with Crippen molar-refractivity contribution in [2.75, 3.05) is 6.61 Å². The Morgan fingerprint density at radius 3 is 2.18 bits per heavy atom. The van der Waals surface area contributed by atoms with Crippen LogP contribution in [0.25, 0.3) is 0 Å². The number of esters is 1. The fourth-order valence-electron chi connectivity index (χ4n) is 4.75. The molecule has 4 bridgehead atoms. The maximum Gasteiger partial charge on any atom is 0.312 e. The minimum Gasteiger partial charge on any atom is -0.465 e. The van der Waals surface area contributed by atoms with Crippen molar-refractivity contribution in [3.05, 3.63) is 12.7 Å². The van der Waals surface area contributed by atoms with Crippen LogP contribution in [0.4, 0.5) is 0 Å². The van der Waals surface area contributed by atoms with Crippen molar-refractivity contribution in [3.8, 4) is 0 Å². The monoisotopic (exact) mass is 234 g/mol. The van der Waals surface area contributed by atoms with Crippen LogP contribution in [0.5, 0.6) is 0 Å². The Kier molecular flexibility index (Phi) is 2.76. The third-order valence-electron chi connectivity index (χ3n) is 5.03. The van der Waals surface area contributed by atoms with E-state index in [1.165, 1.54) is 19.3 Å². The van der Waals surface area contributed by atoms with Crippen LogP contribution in [0.1, 0.15) is 44.9 Å². The Bertz CT molecular complexity index is 297. The van der Waals surface area contributed by atoms with E-state index < -0.39 is 0 Å². The first-order chi connectivity index (χ1) is 8.22. The highest BCUT2D eigenvalue weighted by molar-refractivity contribution is 5.77. The smallest absolute Gasteiger partial charge is 0.312 e. The highest BCUT2D eigenvalue weighted by Crippen LogP contribution is 2.60. The summed E-state index contributed by atoms with van der Waals surface area (Å²) >= 11 is 0. The number of carbonyl (C=O) groups is 1. The van der Waals surface area contributed by atoms with E-state index in [2.05, 4.69) is 6.58 Å². The fourth-order valence-corrected chi connectivity index (χ4v) is 4.75. The number of carbonyl (C=O) groups excluding carboxylic acids is 1. The fraction of sp³-hybridized carbons (Fsp3) is 0.800. The first-order valence-electron chi connectivity index (χ1n) is 7.00. The summed E-state index contributed by atoms with van der Waals surface area (Å²) in [5.74, 6) is 2.54. The zero-order chi connectivity index (χ0) is 11.9. The van der Waals surface area contributed by atoms with Gasteiger partial charge in [0.25, 0.3) is 0 Å². The van der Waals surface area contributed by atoms with Crippen LogP contribution < -0.4 is 0 Å². The second-order valence-corrected chi connectivity index (χ2v) is 6.41. The van der Waals surface area contributed by atoms with E-state index in [1.807, 2.05) is 6.08 Å². The van der Waals surface area contributed by atoms with E-state index in [0.717, 1.165) is 43.4 Å². The molecule has 2 heteroatoms. The Morgan fingerprint density at radius 2 is 1.71 bits per heavy atom. The van der Waals surface area contributed by atoms with Gasteiger partial charge in [-0.15, -0.1) is 6.58 Å². The molecule has 17 heavy (non-hydrogen) atoms. The summed E-state index contributed by atoms with van der Waals surface area (Å²) < 4.78 is 5.46. The molecule has 0 amide bonds. The first kappa shape index (κ1) is 11.3. The average Bonchev–Trinajstić information content (AvgIpc) is 2.27. The maximum atomic E-state index is 12.3. The molecular formula is C15H22O2. The molecule has 0 atom stereocenters. The van der Waals surface area contributed by atoms with Gasteiger partial charge < -0.3 is 4.74 Å². The molecule has 0 radical (unpaired) electrons. The van der Waals surface area contributed by atoms with Crippen LogP contribution in [0.15, 0.2) is 12.7 Å². The molecular weight excluding hydrogens is 212 g/mol. The largest absolute Gasteiger partial charge is 0.465 e. The molecule has 0 aromatic carbocycles. The summed E-state index contributed by atoms with van der Waals surface area (Å²) in [5, 5.41) is 0. The lowest BCUT2D eigenvalue weighted by Gasteiger charge is -2.55. The first-order valence-corrected chi connectivity index (χ1v) is 7.00. The molecule has 2 nitrogen and oxygen atoms in total. The Balaban J connectivity index is 1.68. The van der Waals surface area contributed by atoms with E-state index in [1.54, 1.807) is 0 Å². The van der Waals surface area contributed by atoms with Gasteiger partial charge in [-0.3, -0.25) is 4.79 Å². The van der Waals surface area contributed by atoms with Crippen LogP contribution >= 0.6 is 0 Å². The second-order valence-electron chi connectivity index (χ2n) is 6.41. The molecule has 0 unspecified atom stereocenters.